The van der Waals surface area contributed by atoms with Crippen molar-refractivity contribution in [2.45, 2.75) is 70.6 Å². The van der Waals surface area contributed by atoms with Gasteiger partial charge in [0, 0.05) is 11.8 Å². The van der Waals surface area contributed by atoms with E-state index >= 15 is 0 Å². The molecule has 4 rings (SSSR count). The molecule has 31 heavy (non-hydrogen) atoms. The lowest BCUT2D eigenvalue weighted by Gasteiger charge is -2.28. The summed E-state index contributed by atoms with van der Waals surface area (Å²) >= 11 is 1.51. The van der Waals surface area contributed by atoms with Crippen LogP contribution >= 0.6 is 11.8 Å². The summed E-state index contributed by atoms with van der Waals surface area (Å²) in [6, 6.07) is 16.3. The van der Waals surface area contributed by atoms with Crippen LogP contribution in [0.4, 0.5) is 0 Å². The van der Waals surface area contributed by atoms with Crippen LogP contribution in [0.3, 0.4) is 0 Å². The van der Waals surface area contributed by atoms with Gasteiger partial charge in [0.1, 0.15) is 0 Å². The maximum Gasteiger partial charge on any atom is 0.268 e. The first-order valence-electron chi connectivity index (χ1n) is 11.4. The molecular weight excluding hydrogens is 402 g/mol. The average Bonchev–Trinajstić information content (AvgIpc) is 2.97. The van der Waals surface area contributed by atoms with Gasteiger partial charge in [0.2, 0.25) is 0 Å². The van der Waals surface area contributed by atoms with Gasteiger partial charge >= 0.3 is 0 Å². The Balaban J connectivity index is 1.69. The number of aryl methyl sites for hydroxylation is 2. The fourth-order valence-corrected chi connectivity index (χ4v) is 5.81. The molecule has 3 nitrogen and oxygen atoms in total. The van der Waals surface area contributed by atoms with E-state index in [9.17, 15) is 9.59 Å². The van der Waals surface area contributed by atoms with Crippen molar-refractivity contribution in [3.05, 3.63) is 75.7 Å². The van der Waals surface area contributed by atoms with Crippen molar-refractivity contribution in [2.24, 2.45) is 0 Å². The molecule has 2 aliphatic rings. The van der Waals surface area contributed by atoms with E-state index in [1.165, 1.54) is 31.0 Å². The summed E-state index contributed by atoms with van der Waals surface area (Å²) in [6.07, 6.45) is 7.68. The van der Waals surface area contributed by atoms with Gasteiger partial charge in [-0.3, -0.25) is 14.5 Å². The fourth-order valence-electron chi connectivity index (χ4n) is 4.75. The highest BCUT2D eigenvalue weighted by Crippen LogP contribution is 2.41. The summed E-state index contributed by atoms with van der Waals surface area (Å²) in [4.78, 5) is 29.5. The first-order chi connectivity index (χ1) is 15.1. The first kappa shape index (κ1) is 21.9. The third-order valence-electron chi connectivity index (χ3n) is 6.39. The van der Waals surface area contributed by atoms with Crippen LogP contribution in [0, 0.1) is 13.8 Å². The second-order valence-electron chi connectivity index (χ2n) is 8.78. The molecule has 0 N–H and O–H groups in total. The van der Waals surface area contributed by atoms with Gasteiger partial charge < -0.3 is 0 Å². The molecule has 2 aromatic carbocycles. The molecule has 0 saturated heterocycles. The number of carbonyl (C=O) groups is 2. The predicted molar refractivity (Wildman–Crippen MR) is 129 cm³/mol. The van der Waals surface area contributed by atoms with E-state index in [1.807, 2.05) is 37.3 Å². The Hall–Kier alpha value is -2.33. The molecule has 2 aromatic rings. The molecule has 2 amide bonds. The van der Waals surface area contributed by atoms with Crippen molar-refractivity contribution < 1.29 is 9.59 Å². The number of hydrogen-bond acceptors (Lipinski definition) is 3. The Morgan fingerprint density at radius 3 is 2.23 bits per heavy atom. The molecule has 0 radical (unpaired) electrons. The Labute approximate surface area is 189 Å². The maximum atomic E-state index is 13.7. The Kier molecular flexibility index (Phi) is 6.96. The number of benzene rings is 2. The topological polar surface area (TPSA) is 37.4 Å². The highest BCUT2D eigenvalue weighted by molar-refractivity contribution is 8.03. The third kappa shape index (κ3) is 4.79. The van der Waals surface area contributed by atoms with Gasteiger partial charge in [0.15, 0.2) is 0 Å². The van der Waals surface area contributed by atoms with E-state index in [2.05, 4.69) is 25.1 Å². The van der Waals surface area contributed by atoms with Crippen molar-refractivity contribution in [1.29, 1.82) is 0 Å². The van der Waals surface area contributed by atoms with Crippen LogP contribution in [0.2, 0.25) is 0 Å². The van der Waals surface area contributed by atoms with E-state index in [0.717, 1.165) is 47.9 Å². The van der Waals surface area contributed by atoms with E-state index < -0.39 is 0 Å². The number of thioether (sulfide) groups is 1. The number of carbonyl (C=O) groups excluding carboxylic acids is 2. The quantitative estimate of drug-likeness (QED) is 0.510. The molecule has 162 valence electrons. The number of hydrogen-bond donors (Lipinski definition) is 0. The minimum atomic E-state index is -0.0990. The molecule has 1 saturated carbocycles. The van der Waals surface area contributed by atoms with Crippen LogP contribution in [-0.4, -0.2) is 22.8 Å². The molecule has 1 heterocycles. The number of nitrogens with zero attached hydrogens (tertiary/aromatic N) is 1. The average molecular weight is 434 g/mol. The lowest BCUT2D eigenvalue weighted by molar-refractivity contribution is -0.139. The van der Waals surface area contributed by atoms with Gasteiger partial charge in [-0.05, 0) is 43.4 Å². The molecule has 0 bridgehead atoms. The smallest absolute Gasteiger partial charge is 0.268 e. The molecule has 1 fully saturated rings. The first-order valence-corrected chi connectivity index (χ1v) is 12.4. The molecule has 1 aliphatic carbocycles. The summed E-state index contributed by atoms with van der Waals surface area (Å²) in [5, 5.41) is 0. The third-order valence-corrected chi connectivity index (χ3v) is 7.53. The zero-order valence-corrected chi connectivity index (χ0v) is 19.3. The highest BCUT2D eigenvalue weighted by Gasteiger charge is 2.42. The minimum absolute atomic E-state index is 0.0240. The van der Waals surface area contributed by atoms with E-state index in [0.29, 0.717) is 16.2 Å². The van der Waals surface area contributed by atoms with Crippen molar-refractivity contribution in [3.63, 3.8) is 0 Å². The van der Waals surface area contributed by atoms with Gasteiger partial charge in [-0.15, -0.1) is 11.8 Å². The molecule has 1 aliphatic heterocycles. The lowest BCUT2D eigenvalue weighted by atomic mass is 9.95. The molecular formula is C27H31NO2S. The zero-order valence-electron chi connectivity index (χ0n) is 18.5. The van der Waals surface area contributed by atoms with Crippen LogP contribution in [0.15, 0.2) is 53.4 Å². The molecule has 0 aromatic heterocycles. The second-order valence-corrected chi connectivity index (χ2v) is 9.76. The Bertz CT molecular complexity index is 988. The fraction of sp³-hybridized carbons (Fsp3) is 0.407. The van der Waals surface area contributed by atoms with E-state index in [1.54, 1.807) is 4.90 Å². The Morgan fingerprint density at radius 2 is 1.55 bits per heavy atom. The standard InChI is InChI=1S/C27H31NO2S/c1-19-15-16-23(20(2)17-19)24-25(31-18-21-11-7-6-8-12-21)27(30)28(26(24)29)22-13-9-4-3-5-10-14-22/h6-8,11-12,15-17,22H,3-5,9-10,13-14,18H2,1-2H3. The monoisotopic (exact) mass is 433 g/mol. The van der Waals surface area contributed by atoms with Gasteiger partial charge in [0.05, 0.1) is 10.5 Å². The SMILES string of the molecule is Cc1ccc(C2=C(SCc3ccccc3)C(=O)N(C3CCCCCCC3)C2=O)c(C)c1. The lowest BCUT2D eigenvalue weighted by Crippen LogP contribution is -2.41. The highest BCUT2D eigenvalue weighted by atomic mass is 32.2. The normalized spacial score (nSPS) is 18.5. The number of amides is 2. The van der Waals surface area contributed by atoms with Crippen LogP contribution in [0.25, 0.3) is 5.57 Å². The number of imide groups is 1. The molecule has 0 unspecified atom stereocenters. The Morgan fingerprint density at radius 1 is 0.871 bits per heavy atom. The van der Waals surface area contributed by atoms with Crippen LogP contribution < -0.4 is 0 Å². The summed E-state index contributed by atoms with van der Waals surface area (Å²) in [5.41, 5.74) is 4.87. The summed E-state index contributed by atoms with van der Waals surface area (Å²) < 4.78 is 0. The van der Waals surface area contributed by atoms with Gasteiger partial charge in [-0.25, -0.2) is 0 Å². The molecule has 4 heteroatoms. The van der Waals surface area contributed by atoms with E-state index in [4.69, 9.17) is 0 Å². The zero-order chi connectivity index (χ0) is 21.8. The van der Waals surface area contributed by atoms with Gasteiger partial charge in [-0.1, -0.05) is 86.2 Å². The number of rotatable bonds is 5. The van der Waals surface area contributed by atoms with E-state index in [-0.39, 0.29) is 17.9 Å². The molecule has 0 atom stereocenters. The van der Waals surface area contributed by atoms with Crippen LogP contribution in [-0.2, 0) is 15.3 Å². The summed E-state index contributed by atoms with van der Waals surface area (Å²) in [7, 11) is 0. The van der Waals surface area contributed by atoms with Gasteiger partial charge in [0.25, 0.3) is 11.8 Å². The summed E-state index contributed by atoms with van der Waals surface area (Å²) in [5.74, 6) is 0.492. The van der Waals surface area contributed by atoms with Crippen LogP contribution in [0.5, 0.6) is 0 Å². The van der Waals surface area contributed by atoms with Gasteiger partial charge in [-0.2, -0.15) is 0 Å². The van der Waals surface area contributed by atoms with Crippen molar-refractivity contribution >= 4 is 29.1 Å². The minimum Gasteiger partial charge on any atom is -0.271 e. The van der Waals surface area contributed by atoms with Crippen molar-refractivity contribution in [3.8, 4) is 0 Å². The largest absolute Gasteiger partial charge is 0.271 e. The second kappa shape index (κ2) is 9.86. The maximum absolute atomic E-state index is 13.7. The molecule has 0 spiro atoms. The van der Waals surface area contributed by atoms with Crippen molar-refractivity contribution in [1.82, 2.24) is 4.90 Å². The summed E-state index contributed by atoms with van der Waals surface area (Å²) in [6.45, 7) is 4.09. The van der Waals surface area contributed by atoms with Crippen molar-refractivity contribution in [2.75, 3.05) is 0 Å². The van der Waals surface area contributed by atoms with Crippen LogP contribution in [0.1, 0.15) is 67.2 Å². The predicted octanol–water partition coefficient (Wildman–Crippen LogP) is 6.43.